The van der Waals surface area contributed by atoms with Crippen LogP contribution in [0.1, 0.15) is 34.9 Å². The number of aromatic nitrogens is 2. The number of para-hydroxylation sites is 1. The van der Waals surface area contributed by atoms with E-state index in [1.807, 2.05) is 54.4 Å². The molecular weight excluding hydrogens is 300 g/mol. The van der Waals surface area contributed by atoms with Gasteiger partial charge in [-0.15, -0.1) is 0 Å². The van der Waals surface area contributed by atoms with Gasteiger partial charge in [0.15, 0.2) is 0 Å². The molecule has 1 aliphatic heterocycles. The lowest BCUT2D eigenvalue weighted by molar-refractivity contribution is 0.0730. The largest absolute Gasteiger partial charge is 0.373 e. The molecule has 0 aliphatic carbocycles. The van der Waals surface area contributed by atoms with Crippen LogP contribution < -0.4 is 5.32 Å². The average molecular weight is 320 g/mol. The van der Waals surface area contributed by atoms with Crippen molar-refractivity contribution in [1.82, 2.24) is 14.9 Å². The minimum Gasteiger partial charge on any atom is -0.373 e. The standard InChI is InChI=1S/C19H20N4O/c1-20-18-12-14(8-9-21-18)17-7-4-10-23(17)19(24)16-11-13-5-2-3-6-15(13)22-16/h2-3,5-6,8-9,11-12,17,22H,4,7,10H2,1H3,(H,20,21). The molecule has 4 rings (SSSR count). The number of H-pyrrole nitrogens is 1. The monoisotopic (exact) mass is 320 g/mol. The Morgan fingerprint density at radius 3 is 3.00 bits per heavy atom. The van der Waals surface area contributed by atoms with E-state index in [0.717, 1.165) is 41.7 Å². The zero-order chi connectivity index (χ0) is 16.5. The van der Waals surface area contributed by atoms with Crippen LogP contribution in [-0.2, 0) is 0 Å². The lowest BCUT2D eigenvalue weighted by Crippen LogP contribution is -2.30. The van der Waals surface area contributed by atoms with Crippen molar-refractivity contribution >= 4 is 22.6 Å². The van der Waals surface area contributed by atoms with E-state index in [-0.39, 0.29) is 11.9 Å². The van der Waals surface area contributed by atoms with Crippen molar-refractivity contribution in [1.29, 1.82) is 0 Å². The maximum absolute atomic E-state index is 13.0. The third kappa shape index (κ3) is 2.52. The van der Waals surface area contributed by atoms with Crippen molar-refractivity contribution in [2.75, 3.05) is 18.9 Å². The smallest absolute Gasteiger partial charge is 0.270 e. The predicted octanol–water partition coefficient (Wildman–Crippen LogP) is 3.58. The fraction of sp³-hybridized carbons (Fsp3) is 0.263. The summed E-state index contributed by atoms with van der Waals surface area (Å²) in [6, 6.07) is 14.1. The van der Waals surface area contributed by atoms with E-state index in [0.29, 0.717) is 5.69 Å². The Labute approximate surface area is 140 Å². The Kier molecular flexibility index (Phi) is 3.69. The molecule has 5 heteroatoms. The number of benzene rings is 1. The molecule has 0 saturated carbocycles. The van der Waals surface area contributed by atoms with E-state index in [2.05, 4.69) is 15.3 Å². The summed E-state index contributed by atoms with van der Waals surface area (Å²) >= 11 is 0. The molecule has 1 fully saturated rings. The molecule has 0 bridgehead atoms. The highest BCUT2D eigenvalue weighted by Crippen LogP contribution is 2.34. The van der Waals surface area contributed by atoms with Gasteiger partial charge >= 0.3 is 0 Å². The summed E-state index contributed by atoms with van der Waals surface area (Å²) < 4.78 is 0. The van der Waals surface area contributed by atoms with Crippen LogP contribution in [0.15, 0.2) is 48.7 Å². The number of nitrogens with one attached hydrogen (secondary N) is 2. The number of aromatic amines is 1. The number of likely N-dealkylation sites (tertiary alicyclic amines) is 1. The summed E-state index contributed by atoms with van der Waals surface area (Å²) in [6.45, 7) is 0.788. The Hall–Kier alpha value is -2.82. The van der Waals surface area contributed by atoms with Crippen molar-refractivity contribution in [2.45, 2.75) is 18.9 Å². The van der Waals surface area contributed by atoms with Crippen molar-refractivity contribution in [3.63, 3.8) is 0 Å². The number of nitrogens with zero attached hydrogens (tertiary/aromatic N) is 2. The maximum Gasteiger partial charge on any atom is 0.270 e. The van der Waals surface area contributed by atoms with E-state index < -0.39 is 0 Å². The lowest BCUT2D eigenvalue weighted by Gasteiger charge is -2.25. The molecule has 3 aromatic rings. The summed E-state index contributed by atoms with van der Waals surface area (Å²) in [5.41, 5.74) is 2.79. The number of anilines is 1. The van der Waals surface area contributed by atoms with Crippen molar-refractivity contribution < 1.29 is 4.79 Å². The molecule has 0 spiro atoms. The van der Waals surface area contributed by atoms with Crippen LogP contribution in [0.25, 0.3) is 10.9 Å². The third-order valence-corrected chi connectivity index (χ3v) is 4.70. The van der Waals surface area contributed by atoms with Crippen molar-refractivity contribution in [3.05, 3.63) is 59.9 Å². The van der Waals surface area contributed by atoms with Crippen molar-refractivity contribution in [3.8, 4) is 0 Å². The zero-order valence-corrected chi connectivity index (χ0v) is 13.6. The normalized spacial score (nSPS) is 17.4. The number of hydrogen-bond acceptors (Lipinski definition) is 3. The van der Waals surface area contributed by atoms with Gasteiger partial charge in [0.2, 0.25) is 0 Å². The number of carbonyl (C=O) groups is 1. The van der Waals surface area contributed by atoms with Crippen LogP contribution in [0.3, 0.4) is 0 Å². The van der Waals surface area contributed by atoms with E-state index in [1.165, 1.54) is 0 Å². The second-order valence-electron chi connectivity index (χ2n) is 6.15. The molecule has 122 valence electrons. The highest BCUT2D eigenvalue weighted by Gasteiger charge is 2.31. The fourth-order valence-corrected chi connectivity index (χ4v) is 3.49. The molecule has 0 radical (unpaired) electrons. The van der Waals surface area contributed by atoms with Gasteiger partial charge in [0, 0.05) is 30.7 Å². The number of pyridine rings is 1. The first-order valence-electron chi connectivity index (χ1n) is 8.28. The number of rotatable bonds is 3. The van der Waals surface area contributed by atoms with Gasteiger partial charge in [0.1, 0.15) is 11.5 Å². The van der Waals surface area contributed by atoms with Gasteiger partial charge in [-0.25, -0.2) is 4.98 Å². The van der Waals surface area contributed by atoms with Crippen LogP contribution in [-0.4, -0.2) is 34.4 Å². The average Bonchev–Trinajstić information content (AvgIpc) is 3.28. The first-order chi connectivity index (χ1) is 11.8. The molecule has 1 saturated heterocycles. The second kappa shape index (κ2) is 6.00. The van der Waals surface area contributed by atoms with Gasteiger partial charge in [-0.3, -0.25) is 4.79 Å². The first-order valence-corrected chi connectivity index (χ1v) is 8.28. The number of carbonyl (C=O) groups excluding carboxylic acids is 1. The Bertz CT molecular complexity index is 853. The lowest BCUT2D eigenvalue weighted by atomic mass is 10.1. The molecular formula is C19H20N4O. The molecule has 1 atom stereocenters. The molecule has 1 aromatic carbocycles. The minimum absolute atomic E-state index is 0.0662. The molecule has 1 unspecified atom stereocenters. The van der Waals surface area contributed by atoms with Gasteiger partial charge in [-0.2, -0.15) is 0 Å². The highest BCUT2D eigenvalue weighted by atomic mass is 16.2. The third-order valence-electron chi connectivity index (χ3n) is 4.70. The summed E-state index contributed by atoms with van der Waals surface area (Å²) in [5.74, 6) is 0.897. The Balaban J connectivity index is 1.65. The zero-order valence-electron chi connectivity index (χ0n) is 13.6. The van der Waals surface area contributed by atoms with E-state index in [1.54, 1.807) is 6.20 Å². The van der Waals surface area contributed by atoms with E-state index >= 15 is 0 Å². The molecule has 24 heavy (non-hydrogen) atoms. The van der Waals surface area contributed by atoms with Gasteiger partial charge in [0.05, 0.1) is 6.04 Å². The van der Waals surface area contributed by atoms with Crippen LogP contribution >= 0.6 is 0 Å². The van der Waals surface area contributed by atoms with Crippen molar-refractivity contribution in [2.24, 2.45) is 0 Å². The van der Waals surface area contributed by atoms with Crippen LogP contribution in [0, 0.1) is 0 Å². The van der Waals surface area contributed by atoms with E-state index in [4.69, 9.17) is 0 Å². The maximum atomic E-state index is 13.0. The minimum atomic E-state index is 0.0662. The number of amides is 1. The van der Waals surface area contributed by atoms with Gasteiger partial charge in [-0.05, 0) is 42.7 Å². The highest BCUT2D eigenvalue weighted by molar-refractivity contribution is 5.98. The van der Waals surface area contributed by atoms with E-state index in [9.17, 15) is 4.79 Å². The van der Waals surface area contributed by atoms with Crippen LogP contribution in [0.4, 0.5) is 5.82 Å². The first kappa shape index (κ1) is 14.8. The molecule has 2 N–H and O–H groups in total. The quantitative estimate of drug-likeness (QED) is 0.775. The second-order valence-corrected chi connectivity index (χ2v) is 6.15. The molecule has 3 heterocycles. The number of hydrogen-bond donors (Lipinski definition) is 2. The molecule has 1 aliphatic rings. The summed E-state index contributed by atoms with van der Waals surface area (Å²) in [7, 11) is 1.86. The topological polar surface area (TPSA) is 61.0 Å². The molecule has 1 amide bonds. The summed E-state index contributed by atoms with van der Waals surface area (Å²) in [5, 5.41) is 4.13. The predicted molar refractivity (Wildman–Crippen MR) is 95.1 cm³/mol. The summed E-state index contributed by atoms with van der Waals surface area (Å²) in [6.07, 6.45) is 3.80. The number of fused-ring (bicyclic) bond motifs is 1. The SMILES string of the molecule is CNc1cc(C2CCCN2C(=O)c2cc3ccccc3[nH]2)ccn1. The fourth-order valence-electron chi connectivity index (χ4n) is 3.49. The molecule has 5 nitrogen and oxygen atoms in total. The van der Waals surface area contributed by atoms with Crippen LogP contribution in [0.5, 0.6) is 0 Å². The van der Waals surface area contributed by atoms with Crippen LogP contribution in [0.2, 0.25) is 0 Å². The Morgan fingerprint density at radius 1 is 1.29 bits per heavy atom. The Morgan fingerprint density at radius 2 is 2.17 bits per heavy atom. The summed E-state index contributed by atoms with van der Waals surface area (Å²) in [4.78, 5) is 22.5. The van der Waals surface area contributed by atoms with Gasteiger partial charge < -0.3 is 15.2 Å². The molecule has 2 aromatic heterocycles. The van der Waals surface area contributed by atoms with Gasteiger partial charge in [0.25, 0.3) is 5.91 Å². The van der Waals surface area contributed by atoms with Gasteiger partial charge in [-0.1, -0.05) is 18.2 Å².